The van der Waals surface area contributed by atoms with Gasteiger partial charge in [-0.3, -0.25) is 4.79 Å². The summed E-state index contributed by atoms with van der Waals surface area (Å²) in [5, 5.41) is 6.41. The number of thioether (sulfide) groups is 1. The number of guanidine groups is 1. The molecule has 0 spiro atoms. The third kappa shape index (κ3) is 10.4. The molecule has 0 aromatic carbocycles. The molecular weight excluding hydrogens is 260 g/mol. The average Bonchev–Trinajstić information content (AvgIpc) is 2.40. The van der Waals surface area contributed by atoms with Crippen molar-refractivity contribution in [2.45, 2.75) is 13.3 Å². The van der Waals surface area contributed by atoms with Crippen molar-refractivity contribution in [3.8, 4) is 0 Å². The smallest absolute Gasteiger partial charge is 0.243 e. The molecule has 0 atom stereocenters. The van der Waals surface area contributed by atoms with Crippen molar-refractivity contribution >= 4 is 23.6 Å². The average molecular weight is 286 g/mol. The van der Waals surface area contributed by atoms with Gasteiger partial charge in [-0.15, -0.1) is 6.58 Å². The van der Waals surface area contributed by atoms with E-state index in [1.54, 1.807) is 19.0 Å². The summed E-state index contributed by atoms with van der Waals surface area (Å²) in [6, 6.07) is 0. The predicted molar refractivity (Wildman–Crippen MR) is 84.8 cm³/mol. The summed E-state index contributed by atoms with van der Waals surface area (Å²) in [6.45, 7) is 7.62. The van der Waals surface area contributed by atoms with Gasteiger partial charge in [0.25, 0.3) is 0 Å². The second-order valence-electron chi connectivity index (χ2n) is 4.17. The topological polar surface area (TPSA) is 56.7 Å². The van der Waals surface area contributed by atoms with Gasteiger partial charge in [-0.1, -0.05) is 13.0 Å². The minimum absolute atomic E-state index is 0.00127. The SMILES string of the molecule is C=CCSCCNC(=NCC(=O)N(C)C)NCCC. The maximum atomic E-state index is 11.5. The molecule has 110 valence electrons. The fourth-order valence-electron chi connectivity index (χ4n) is 1.11. The van der Waals surface area contributed by atoms with Gasteiger partial charge in [-0.2, -0.15) is 11.8 Å². The first-order valence-corrected chi connectivity index (χ1v) is 7.68. The molecule has 2 N–H and O–H groups in total. The Morgan fingerprint density at radius 1 is 1.37 bits per heavy atom. The Morgan fingerprint density at radius 3 is 2.63 bits per heavy atom. The molecule has 0 radical (unpaired) electrons. The molecule has 0 aromatic heterocycles. The first-order valence-electron chi connectivity index (χ1n) is 6.52. The summed E-state index contributed by atoms with van der Waals surface area (Å²) in [6.07, 6.45) is 2.91. The van der Waals surface area contributed by atoms with Crippen LogP contribution in [0.4, 0.5) is 0 Å². The highest BCUT2D eigenvalue weighted by Gasteiger charge is 2.03. The lowest BCUT2D eigenvalue weighted by Gasteiger charge is -2.13. The molecule has 5 nitrogen and oxygen atoms in total. The van der Waals surface area contributed by atoms with Gasteiger partial charge in [0.2, 0.25) is 5.91 Å². The molecule has 0 bridgehead atoms. The Kier molecular flexibility index (Phi) is 11.2. The van der Waals surface area contributed by atoms with Crippen molar-refractivity contribution in [3.05, 3.63) is 12.7 Å². The third-order valence-electron chi connectivity index (χ3n) is 2.19. The molecular formula is C13H26N4OS. The van der Waals surface area contributed by atoms with Crippen LogP contribution in [0.15, 0.2) is 17.6 Å². The van der Waals surface area contributed by atoms with Gasteiger partial charge < -0.3 is 15.5 Å². The van der Waals surface area contributed by atoms with Crippen LogP contribution < -0.4 is 10.6 Å². The zero-order valence-corrected chi connectivity index (χ0v) is 13.1. The van der Waals surface area contributed by atoms with Crippen LogP contribution in [0, 0.1) is 0 Å². The minimum Gasteiger partial charge on any atom is -0.356 e. The van der Waals surface area contributed by atoms with E-state index in [2.05, 4.69) is 29.1 Å². The van der Waals surface area contributed by atoms with E-state index in [1.165, 1.54) is 0 Å². The van der Waals surface area contributed by atoms with Gasteiger partial charge in [0.05, 0.1) is 0 Å². The van der Waals surface area contributed by atoms with Crippen LogP contribution in [0.3, 0.4) is 0 Å². The largest absolute Gasteiger partial charge is 0.356 e. The monoisotopic (exact) mass is 286 g/mol. The van der Waals surface area contributed by atoms with Gasteiger partial charge in [-0.05, 0) is 6.42 Å². The van der Waals surface area contributed by atoms with Crippen LogP contribution in [-0.4, -0.2) is 62.0 Å². The second-order valence-corrected chi connectivity index (χ2v) is 5.32. The molecule has 0 aliphatic rings. The van der Waals surface area contributed by atoms with E-state index in [0.29, 0.717) is 5.96 Å². The van der Waals surface area contributed by atoms with Crippen LogP contribution >= 0.6 is 11.8 Å². The minimum atomic E-state index is -0.00127. The molecule has 19 heavy (non-hydrogen) atoms. The molecule has 0 heterocycles. The van der Waals surface area contributed by atoms with Crippen molar-refractivity contribution in [1.82, 2.24) is 15.5 Å². The summed E-state index contributed by atoms with van der Waals surface area (Å²) < 4.78 is 0. The summed E-state index contributed by atoms with van der Waals surface area (Å²) in [4.78, 5) is 17.3. The zero-order valence-electron chi connectivity index (χ0n) is 12.2. The van der Waals surface area contributed by atoms with Gasteiger partial charge >= 0.3 is 0 Å². The Balaban J connectivity index is 4.09. The van der Waals surface area contributed by atoms with Crippen LogP contribution in [0.1, 0.15) is 13.3 Å². The fraction of sp³-hybridized carbons (Fsp3) is 0.692. The fourth-order valence-corrected chi connectivity index (χ4v) is 1.69. The van der Waals surface area contributed by atoms with Crippen LogP contribution in [0.2, 0.25) is 0 Å². The quantitative estimate of drug-likeness (QED) is 0.287. The summed E-state index contributed by atoms with van der Waals surface area (Å²) in [5.74, 6) is 2.64. The Hall–Kier alpha value is -1.17. The highest BCUT2D eigenvalue weighted by Crippen LogP contribution is 1.96. The molecule has 1 amide bonds. The Labute approximate surface area is 120 Å². The number of carbonyl (C=O) groups excluding carboxylic acids is 1. The third-order valence-corrected chi connectivity index (χ3v) is 3.15. The highest BCUT2D eigenvalue weighted by atomic mass is 32.2. The number of hydrogen-bond donors (Lipinski definition) is 2. The molecule has 0 unspecified atom stereocenters. The molecule has 0 aliphatic carbocycles. The maximum absolute atomic E-state index is 11.5. The molecule has 0 saturated carbocycles. The van der Waals surface area contributed by atoms with Crippen molar-refractivity contribution in [3.63, 3.8) is 0 Å². The number of aliphatic imine (C=N–C) groups is 1. The van der Waals surface area contributed by atoms with Gasteiger partial charge in [0.1, 0.15) is 6.54 Å². The number of rotatable bonds is 9. The van der Waals surface area contributed by atoms with E-state index in [1.807, 2.05) is 17.8 Å². The first kappa shape index (κ1) is 17.8. The number of hydrogen-bond acceptors (Lipinski definition) is 3. The number of nitrogens with one attached hydrogen (secondary N) is 2. The Morgan fingerprint density at radius 2 is 2.05 bits per heavy atom. The van der Waals surface area contributed by atoms with E-state index < -0.39 is 0 Å². The first-order chi connectivity index (χ1) is 9.11. The molecule has 6 heteroatoms. The number of nitrogens with zero attached hydrogens (tertiary/aromatic N) is 2. The zero-order chi connectivity index (χ0) is 14.5. The van der Waals surface area contributed by atoms with Crippen LogP contribution in [0.5, 0.6) is 0 Å². The highest BCUT2D eigenvalue weighted by molar-refractivity contribution is 7.99. The van der Waals surface area contributed by atoms with E-state index >= 15 is 0 Å². The molecule has 0 saturated heterocycles. The van der Waals surface area contributed by atoms with E-state index in [4.69, 9.17) is 0 Å². The molecule has 0 fully saturated rings. The summed E-state index contributed by atoms with van der Waals surface area (Å²) >= 11 is 1.81. The summed E-state index contributed by atoms with van der Waals surface area (Å²) in [5.41, 5.74) is 0. The Bertz CT molecular complexity index is 292. The lowest BCUT2D eigenvalue weighted by atomic mass is 10.5. The summed E-state index contributed by atoms with van der Waals surface area (Å²) in [7, 11) is 3.46. The standard InChI is InChI=1S/C13H26N4OS/c1-5-7-14-13(15-8-10-19-9-6-2)16-11-12(18)17(3)4/h6H,2,5,7-11H2,1,3-4H3,(H2,14,15,16). The lowest BCUT2D eigenvalue weighted by Crippen LogP contribution is -2.39. The van der Waals surface area contributed by atoms with Gasteiger partial charge in [-0.25, -0.2) is 4.99 Å². The maximum Gasteiger partial charge on any atom is 0.243 e. The van der Waals surface area contributed by atoms with Crippen molar-refractivity contribution in [2.75, 3.05) is 45.2 Å². The van der Waals surface area contributed by atoms with Crippen LogP contribution in [0.25, 0.3) is 0 Å². The van der Waals surface area contributed by atoms with Crippen LogP contribution in [-0.2, 0) is 4.79 Å². The van der Waals surface area contributed by atoms with Crippen molar-refractivity contribution < 1.29 is 4.79 Å². The number of amides is 1. The predicted octanol–water partition coefficient (Wildman–Crippen LogP) is 0.939. The van der Waals surface area contributed by atoms with Gasteiger partial charge in [0, 0.05) is 38.7 Å². The van der Waals surface area contributed by atoms with E-state index in [0.717, 1.165) is 31.0 Å². The molecule has 0 rings (SSSR count). The number of carbonyl (C=O) groups is 1. The van der Waals surface area contributed by atoms with E-state index in [9.17, 15) is 4.79 Å². The molecule has 0 aliphatic heterocycles. The van der Waals surface area contributed by atoms with Crippen molar-refractivity contribution in [2.24, 2.45) is 4.99 Å². The lowest BCUT2D eigenvalue weighted by molar-refractivity contribution is -0.127. The van der Waals surface area contributed by atoms with Gasteiger partial charge in [0.15, 0.2) is 5.96 Å². The second kappa shape index (κ2) is 11.9. The molecule has 0 aromatic rings. The number of likely N-dealkylation sites (N-methyl/N-ethyl adjacent to an activating group) is 1. The van der Waals surface area contributed by atoms with Crippen molar-refractivity contribution in [1.29, 1.82) is 0 Å². The normalized spacial score (nSPS) is 11.0. The van der Waals surface area contributed by atoms with E-state index in [-0.39, 0.29) is 12.5 Å².